The first-order valence-corrected chi connectivity index (χ1v) is 4.85. The SMILES string of the molecule is COc1cc(C(=O)OCCCF)ccc1N. The van der Waals surface area contributed by atoms with E-state index in [4.69, 9.17) is 15.2 Å². The number of methoxy groups -OCH3 is 1. The molecule has 1 aromatic carbocycles. The van der Waals surface area contributed by atoms with Gasteiger partial charge in [0.2, 0.25) is 0 Å². The van der Waals surface area contributed by atoms with Gasteiger partial charge >= 0.3 is 5.97 Å². The fourth-order valence-electron chi connectivity index (χ4n) is 1.14. The van der Waals surface area contributed by atoms with Crippen molar-refractivity contribution >= 4 is 11.7 Å². The fourth-order valence-corrected chi connectivity index (χ4v) is 1.14. The second-order valence-corrected chi connectivity index (χ2v) is 3.14. The first kappa shape index (κ1) is 12.3. The summed E-state index contributed by atoms with van der Waals surface area (Å²) in [6.07, 6.45) is 0.206. The van der Waals surface area contributed by atoms with Gasteiger partial charge in [-0.1, -0.05) is 0 Å². The van der Waals surface area contributed by atoms with Crippen molar-refractivity contribution in [3.63, 3.8) is 0 Å². The minimum atomic E-state index is -0.508. The molecule has 0 aliphatic carbocycles. The maximum atomic E-state index is 11.8. The van der Waals surface area contributed by atoms with E-state index in [1.165, 1.54) is 19.2 Å². The van der Waals surface area contributed by atoms with Crippen LogP contribution in [-0.2, 0) is 4.74 Å². The van der Waals surface area contributed by atoms with E-state index in [2.05, 4.69) is 0 Å². The summed E-state index contributed by atoms with van der Waals surface area (Å²) in [5, 5.41) is 0. The Balaban J connectivity index is 2.68. The Labute approximate surface area is 93.2 Å². The number of nitrogen functional groups attached to an aromatic ring is 1. The van der Waals surface area contributed by atoms with E-state index in [1.807, 2.05) is 0 Å². The van der Waals surface area contributed by atoms with Crippen molar-refractivity contribution in [2.75, 3.05) is 26.1 Å². The number of hydrogen-bond acceptors (Lipinski definition) is 4. The van der Waals surface area contributed by atoms with Crippen LogP contribution in [0.15, 0.2) is 18.2 Å². The standard InChI is InChI=1S/C11H14FNO3/c1-15-10-7-8(3-4-9(10)13)11(14)16-6-2-5-12/h3-4,7H,2,5-6,13H2,1H3. The van der Waals surface area contributed by atoms with Crippen molar-refractivity contribution < 1.29 is 18.7 Å². The molecule has 0 atom stereocenters. The van der Waals surface area contributed by atoms with Crippen molar-refractivity contribution in [3.05, 3.63) is 23.8 Å². The van der Waals surface area contributed by atoms with Crippen LogP contribution in [0.1, 0.15) is 16.8 Å². The fraction of sp³-hybridized carbons (Fsp3) is 0.364. The average molecular weight is 227 g/mol. The minimum absolute atomic E-state index is 0.0715. The highest BCUT2D eigenvalue weighted by molar-refractivity contribution is 5.90. The molecular weight excluding hydrogens is 213 g/mol. The van der Waals surface area contributed by atoms with Crippen LogP contribution < -0.4 is 10.5 Å². The third kappa shape index (κ3) is 3.12. The highest BCUT2D eigenvalue weighted by atomic mass is 19.1. The van der Waals surface area contributed by atoms with Gasteiger partial charge in [-0.3, -0.25) is 4.39 Å². The third-order valence-corrected chi connectivity index (χ3v) is 1.98. The molecule has 0 aromatic heterocycles. The normalized spacial score (nSPS) is 9.88. The first-order chi connectivity index (χ1) is 7.69. The Morgan fingerprint density at radius 1 is 1.50 bits per heavy atom. The molecule has 0 spiro atoms. The van der Waals surface area contributed by atoms with E-state index >= 15 is 0 Å². The molecule has 4 nitrogen and oxygen atoms in total. The molecule has 0 heterocycles. The number of nitrogens with two attached hydrogens (primary N) is 1. The molecule has 0 saturated heterocycles. The summed E-state index contributed by atoms with van der Waals surface area (Å²) in [4.78, 5) is 11.5. The largest absolute Gasteiger partial charge is 0.495 e. The minimum Gasteiger partial charge on any atom is -0.495 e. The number of rotatable bonds is 5. The lowest BCUT2D eigenvalue weighted by Gasteiger charge is -2.07. The van der Waals surface area contributed by atoms with Crippen molar-refractivity contribution in [1.29, 1.82) is 0 Å². The Morgan fingerprint density at radius 2 is 2.25 bits per heavy atom. The van der Waals surface area contributed by atoms with E-state index in [1.54, 1.807) is 6.07 Å². The molecule has 1 rings (SSSR count). The quantitative estimate of drug-likeness (QED) is 0.473. The third-order valence-electron chi connectivity index (χ3n) is 1.98. The van der Waals surface area contributed by atoms with Gasteiger partial charge in [-0.15, -0.1) is 0 Å². The Morgan fingerprint density at radius 3 is 2.88 bits per heavy atom. The maximum absolute atomic E-state index is 11.8. The van der Waals surface area contributed by atoms with Crippen molar-refractivity contribution in [3.8, 4) is 5.75 Å². The summed E-state index contributed by atoms with van der Waals surface area (Å²) < 4.78 is 21.6. The molecule has 1 aromatic rings. The molecule has 0 radical (unpaired) electrons. The zero-order valence-corrected chi connectivity index (χ0v) is 9.03. The number of esters is 1. The van der Waals surface area contributed by atoms with Crippen LogP contribution in [0.25, 0.3) is 0 Å². The Hall–Kier alpha value is -1.78. The predicted molar refractivity (Wildman–Crippen MR) is 58.3 cm³/mol. The number of benzene rings is 1. The molecule has 0 amide bonds. The predicted octanol–water partition coefficient (Wildman–Crippen LogP) is 1.79. The number of anilines is 1. The van der Waals surface area contributed by atoms with Gasteiger partial charge < -0.3 is 15.2 Å². The first-order valence-electron chi connectivity index (χ1n) is 4.85. The summed E-state index contributed by atoms with van der Waals surface area (Å²) in [6.45, 7) is -0.430. The van der Waals surface area contributed by atoms with Gasteiger partial charge in [0.1, 0.15) is 5.75 Å². The maximum Gasteiger partial charge on any atom is 0.338 e. The molecule has 0 bridgehead atoms. The Bertz CT molecular complexity index is 368. The van der Waals surface area contributed by atoms with Crippen molar-refractivity contribution in [1.82, 2.24) is 0 Å². The number of alkyl halides is 1. The molecular formula is C11H14FNO3. The van der Waals surface area contributed by atoms with Crippen LogP contribution >= 0.6 is 0 Å². The zero-order valence-electron chi connectivity index (χ0n) is 9.03. The molecule has 5 heteroatoms. The van der Waals surface area contributed by atoms with Gasteiger partial charge in [-0.2, -0.15) is 0 Å². The summed E-state index contributed by atoms with van der Waals surface area (Å²) in [5.41, 5.74) is 6.38. The lowest BCUT2D eigenvalue weighted by Crippen LogP contribution is -2.07. The number of hydrogen-bond donors (Lipinski definition) is 1. The molecule has 88 valence electrons. The summed E-state index contributed by atoms with van der Waals surface area (Å²) in [6, 6.07) is 4.59. The number of ether oxygens (including phenoxy) is 2. The number of carbonyl (C=O) groups excluding carboxylic acids is 1. The van der Waals surface area contributed by atoms with Gasteiger partial charge in [0.15, 0.2) is 0 Å². The molecule has 0 fully saturated rings. The second-order valence-electron chi connectivity index (χ2n) is 3.14. The van der Waals surface area contributed by atoms with E-state index in [9.17, 15) is 9.18 Å². The highest BCUT2D eigenvalue weighted by Gasteiger charge is 2.09. The van der Waals surface area contributed by atoms with E-state index in [-0.39, 0.29) is 13.0 Å². The van der Waals surface area contributed by atoms with Gasteiger partial charge in [-0.25, -0.2) is 4.79 Å². The van der Waals surface area contributed by atoms with Gasteiger partial charge in [0.25, 0.3) is 0 Å². The summed E-state index contributed by atoms with van der Waals surface area (Å²) >= 11 is 0. The summed E-state index contributed by atoms with van der Waals surface area (Å²) in [7, 11) is 1.46. The smallest absolute Gasteiger partial charge is 0.338 e. The topological polar surface area (TPSA) is 61.5 Å². The number of halogens is 1. The van der Waals surface area contributed by atoms with Crippen LogP contribution in [0.4, 0.5) is 10.1 Å². The van der Waals surface area contributed by atoms with Crippen LogP contribution in [0, 0.1) is 0 Å². The van der Waals surface area contributed by atoms with Gasteiger partial charge in [0, 0.05) is 6.42 Å². The second kappa shape index (κ2) is 5.95. The van der Waals surface area contributed by atoms with E-state index < -0.39 is 12.6 Å². The van der Waals surface area contributed by atoms with Crippen LogP contribution in [0.5, 0.6) is 5.75 Å². The summed E-state index contributed by atoms with van der Waals surface area (Å²) in [5.74, 6) is -0.0910. The average Bonchev–Trinajstić information content (AvgIpc) is 2.30. The van der Waals surface area contributed by atoms with Crippen molar-refractivity contribution in [2.45, 2.75) is 6.42 Å². The molecule has 16 heavy (non-hydrogen) atoms. The molecule has 0 aliphatic heterocycles. The molecule has 0 saturated carbocycles. The lowest BCUT2D eigenvalue weighted by molar-refractivity contribution is 0.0494. The lowest BCUT2D eigenvalue weighted by atomic mass is 10.2. The number of carbonyl (C=O) groups is 1. The monoisotopic (exact) mass is 227 g/mol. The van der Waals surface area contributed by atoms with Crippen molar-refractivity contribution in [2.24, 2.45) is 0 Å². The molecule has 2 N–H and O–H groups in total. The van der Waals surface area contributed by atoms with E-state index in [0.717, 1.165) is 0 Å². The Kier molecular flexibility index (Phi) is 4.57. The van der Waals surface area contributed by atoms with Gasteiger partial charge in [0.05, 0.1) is 31.6 Å². The van der Waals surface area contributed by atoms with Gasteiger partial charge in [-0.05, 0) is 18.2 Å². The highest BCUT2D eigenvalue weighted by Crippen LogP contribution is 2.22. The molecule has 0 aliphatic rings. The van der Waals surface area contributed by atoms with E-state index in [0.29, 0.717) is 17.0 Å². The molecule has 0 unspecified atom stereocenters. The van der Waals surface area contributed by atoms with Crippen LogP contribution in [0.2, 0.25) is 0 Å². The van der Waals surface area contributed by atoms with Crippen LogP contribution in [0.3, 0.4) is 0 Å². The zero-order chi connectivity index (χ0) is 12.0. The van der Waals surface area contributed by atoms with Crippen LogP contribution in [-0.4, -0.2) is 26.4 Å².